The highest BCUT2D eigenvalue weighted by atomic mass is 35.5. The fourth-order valence-corrected chi connectivity index (χ4v) is 4.94. The summed E-state index contributed by atoms with van der Waals surface area (Å²) in [5.74, 6) is -0.258. The van der Waals surface area contributed by atoms with Gasteiger partial charge in [0, 0.05) is 26.2 Å². The molecular formula is C21H25ClFN3O4S. The highest BCUT2D eigenvalue weighted by molar-refractivity contribution is 7.89. The number of benzene rings is 2. The summed E-state index contributed by atoms with van der Waals surface area (Å²) >= 11 is 6.09. The number of para-hydroxylation sites is 1. The van der Waals surface area contributed by atoms with Crippen molar-refractivity contribution >= 4 is 33.2 Å². The lowest BCUT2D eigenvalue weighted by atomic mass is 10.2. The molecule has 3 rings (SSSR count). The molecule has 1 aliphatic rings. The number of hydrogen-bond acceptors (Lipinski definition) is 5. The van der Waals surface area contributed by atoms with Crippen LogP contribution in [0, 0.1) is 5.82 Å². The predicted octanol–water partition coefficient (Wildman–Crippen LogP) is 2.89. The van der Waals surface area contributed by atoms with Gasteiger partial charge in [-0.05, 0) is 44.2 Å². The summed E-state index contributed by atoms with van der Waals surface area (Å²) in [4.78, 5) is 16.2. The molecule has 0 saturated carbocycles. The van der Waals surface area contributed by atoms with Crippen molar-refractivity contribution in [3.8, 4) is 5.75 Å². The van der Waals surface area contributed by atoms with E-state index < -0.39 is 16.1 Å². The number of nitrogens with zero attached hydrogens (tertiary/aromatic N) is 2. The van der Waals surface area contributed by atoms with Gasteiger partial charge in [-0.2, -0.15) is 4.72 Å². The van der Waals surface area contributed by atoms with E-state index in [1.165, 1.54) is 31.2 Å². The van der Waals surface area contributed by atoms with E-state index >= 15 is 0 Å². The molecule has 31 heavy (non-hydrogen) atoms. The normalized spacial score (nSPS) is 15.6. The van der Waals surface area contributed by atoms with Crippen LogP contribution in [-0.2, 0) is 14.8 Å². The molecule has 1 aliphatic heterocycles. The molecule has 168 valence electrons. The number of anilines is 1. The quantitative estimate of drug-likeness (QED) is 0.674. The number of carbonyl (C=O) groups is 1. The second-order valence-electron chi connectivity index (χ2n) is 7.13. The Balaban J connectivity index is 1.61. The van der Waals surface area contributed by atoms with Gasteiger partial charge in [0.05, 0.1) is 28.3 Å². The number of piperazine rings is 1. The van der Waals surface area contributed by atoms with Crippen LogP contribution in [0.3, 0.4) is 0 Å². The molecule has 7 nitrogen and oxygen atoms in total. The maximum absolute atomic E-state index is 14.0. The molecule has 0 aromatic heterocycles. The molecule has 1 heterocycles. The molecule has 1 amide bonds. The molecule has 1 saturated heterocycles. The minimum atomic E-state index is -3.95. The van der Waals surface area contributed by atoms with E-state index in [4.69, 9.17) is 16.3 Å². The second kappa shape index (κ2) is 9.84. The van der Waals surface area contributed by atoms with Crippen LogP contribution in [0.15, 0.2) is 47.4 Å². The Hall–Kier alpha value is -2.36. The molecule has 2 aromatic rings. The fourth-order valence-electron chi connectivity index (χ4n) is 3.42. The first-order valence-electron chi connectivity index (χ1n) is 9.96. The van der Waals surface area contributed by atoms with Crippen LogP contribution >= 0.6 is 11.6 Å². The first-order valence-corrected chi connectivity index (χ1v) is 11.8. The molecule has 1 atom stereocenters. The molecular weight excluding hydrogens is 445 g/mol. The molecule has 0 bridgehead atoms. The first kappa shape index (κ1) is 23.3. The van der Waals surface area contributed by atoms with Crippen LogP contribution in [0.5, 0.6) is 5.75 Å². The fraction of sp³-hybridized carbons (Fsp3) is 0.381. The number of rotatable bonds is 7. The molecule has 0 aliphatic carbocycles. The highest BCUT2D eigenvalue weighted by Crippen LogP contribution is 2.27. The van der Waals surface area contributed by atoms with Gasteiger partial charge in [-0.25, -0.2) is 12.8 Å². The van der Waals surface area contributed by atoms with Crippen LogP contribution in [-0.4, -0.2) is 58.1 Å². The summed E-state index contributed by atoms with van der Waals surface area (Å²) in [5, 5.41) is 0.174. The molecule has 0 spiro atoms. The Morgan fingerprint density at radius 1 is 1.19 bits per heavy atom. The monoisotopic (exact) mass is 469 g/mol. The van der Waals surface area contributed by atoms with Crippen LogP contribution in [0.25, 0.3) is 0 Å². The summed E-state index contributed by atoms with van der Waals surface area (Å²) in [6.07, 6.45) is 0. The van der Waals surface area contributed by atoms with Crippen LogP contribution in [0.2, 0.25) is 5.02 Å². The van der Waals surface area contributed by atoms with Gasteiger partial charge < -0.3 is 14.5 Å². The summed E-state index contributed by atoms with van der Waals surface area (Å²) in [6.45, 7) is 5.36. The third-order valence-corrected chi connectivity index (χ3v) is 6.83. The lowest BCUT2D eigenvalue weighted by Gasteiger charge is -2.37. The highest BCUT2D eigenvalue weighted by Gasteiger charge is 2.29. The van der Waals surface area contributed by atoms with Crippen molar-refractivity contribution in [2.75, 3.05) is 37.7 Å². The summed E-state index contributed by atoms with van der Waals surface area (Å²) < 4.78 is 47.1. The smallest absolute Gasteiger partial charge is 0.241 e. The lowest BCUT2D eigenvalue weighted by Crippen LogP contribution is -2.54. The summed E-state index contributed by atoms with van der Waals surface area (Å²) in [6, 6.07) is 9.68. The molecule has 2 aromatic carbocycles. The van der Waals surface area contributed by atoms with Gasteiger partial charge >= 0.3 is 0 Å². The number of hydrogen-bond donors (Lipinski definition) is 1. The van der Waals surface area contributed by atoms with Gasteiger partial charge in [-0.15, -0.1) is 0 Å². The zero-order valence-electron chi connectivity index (χ0n) is 17.3. The number of sulfonamides is 1. The van der Waals surface area contributed by atoms with Crippen molar-refractivity contribution in [1.29, 1.82) is 0 Å². The average Bonchev–Trinajstić information content (AvgIpc) is 2.75. The number of halogens is 2. The first-order chi connectivity index (χ1) is 14.7. The van der Waals surface area contributed by atoms with Gasteiger partial charge in [-0.1, -0.05) is 23.7 Å². The summed E-state index contributed by atoms with van der Waals surface area (Å²) in [7, 11) is -3.95. The Morgan fingerprint density at radius 3 is 2.48 bits per heavy atom. The standard InChI is InChI=1S/C21H25ClFN3O4S/c1-3-30-20-9-8-16(14-17(20)22)31(28,29)24-15(2)21(27)26-12-10-25(11-13-26)19-7-5-4-6-18(19)23/h4-9,14-15,24H,3,10-13H2,1-2H3/t15-/m1/s1. The minimum absolute atomic E-state index is 0.0509. The second-order valence-corrected chi connectivity index (χ2v) is 9.25. The number of amides is 1. The van der Waals surface area contributed by atoms with Crippen molar-refractivity contribution in [1.82, 2.24) is 9.62 Å². The van der Waals surface area contributed by atoms with Crippen molar-refractivity contribution in [2.24, 2.45) is 0 Å². The van der Waals surface area contributed by atoms with E-state index in [1.807, 2.05) is 4.90 Å². The third-order valence-electron chi connectivity index (χ3n) is 5.00. The van der Waals surface area contributed by atoms with Crippen molar-refractivity contribution in [3.05, 3.63) is 53.3 Å². The van der Waals surface area contributed by atoms with Crippen LogP contribution in [0.1, 0.15) is 13.8 Å². The molecule has 1 fully saturated rings. The number of nitrogens with one attached hydrogen (secondary N) is 1. The number of ether oxygens (including phenoxy) is 1. The Morgan fingerprint density at radius 2 is 1.87 bits per heavy atom. The van der Waals surface area contributed by atoms with Crippen LogP contribution < -0.4 is 14.4 Å². The lowest BCUT2D eigenvalue weighted by molar-refractivity contribution is -0.132. The van der Waals surface area contributed by atoms with Gasteiger partial charge in [0.25, 0.3) is 0 Å². The Bertz CT molecular complexity index is 1040. The van der Waals surface area contributed by atoms with E-state index in [0.29, 0.717) is 44.2 Å². The summed E-state index contributed by atoms with van der Waals surface area (Å²) in [5.41, 5.74) is 0.496. The van der Waals surface area contributed by atoms with E-state index in [9.17, 15) is 17.6 Å². The topological polar surface area (TPSA) is 78.9 Å². The Kier molecular flexibility index (Phi) is 7.40. The van der Waals surface area contributed by atoms with Gasteiger partial charge in [-0.3, -0.25) is 4.79 Å². The SMILES string of the molecule is CCOc1ccc(S(=O)(=O)N[C@H](C)C(=O)N2CCN(c3ccccc3F)CC2)cc1Cl. The molecule has 0 radical (unpaired) electrons. The maximum atomic E-state index is 14.0. The molecule has 0 unspecified atom stereocenters. The molecule has 1 N–H and O–H groups in total. The average molecular weight is 470 g/mol. The van der Waals surface area contributed by atoms with Crippen molar-refractivity contribution in [2.45, 2.75) is 24.8 Å². The van der Waals surface area contributed by atoms with E-state index in [2.05, 4.69) is 4.72 Å². The van der Waals surface area contributed by atoms with Gasteiger partial charge in [0.15, 0.2) is 0 Å². The zero-order valence-corrected chi connectivity index (χ0v) is 18.9. The van der Waals surface area contributed by atoms with Gasteiger partial charge in [0.2, 0.25) is 15.9 Å². The van der Waals surface area contributed by atoms with E-state index in [-0.39, 0.29) is 21.6 Å². The zero-order chi connectivity index (χ0) is 22.6. The predicted molar refractivity (Wildman–Crippen MR) is 118 cm³/mol. The Labute approximate surface area is 186 Å². The van der Waals surface area contributed by atoms with Crippen LogP contribution in [0.4, 0.5) is 10.1 Å². The maximum Gasteiger partial charge on any atom is 0.241 e. The van der Waals surface area contributed by atoms with E-state index in [1.54, 1.807) is 30.0 Å². The van der Waals surface area contributed by atoms with Gasteiger partial charge in [0.1, 0.15) is 11.6 Å². The minimum Gasteiger partial charge on any atom is -0.492 e. The largest absolute Gasteiger partial charge is 0.492 e. The van der Waals surface area contributed by atoms with Crippen molar-refractivity contribution in [3.63, 3.8) is 0 Å². The molecule has 10 heteroatoms. The number of carbonyl (C=O) groups excluding carboxylic acids is 1. The third kappa shape index (κ3) is 5.47. The van der Waals surface area contributed by atoms with Crippen molar-refractivity contribution < 1.29 is 22.3 Å². The van der Waals surface area contributed by atoms with E-state index in [0.717, 1.165) is 0 Å².